The van der Waals surface area contributed by atoms with Crippen LogP contribution >= 0.6 is 0 Å². The first-order valence-electron chi connectivity index (χ1n) is 7.57. The number of hydrogen-bond acceptors (Lipinski definition) is 1. The molecular weight excluding hydrogens is 218 g/mol. The summed E-state index contributed by atoms with van der Waals surface area (Å²) < 4.78 is 0. The van der Waals surface area contributed by atoms with Crippen molar-refractivity contribution in [3.63, 3.8) is 0 Å². The van der Waals surface area contributed by atoms with E-state index < -0.39 is 0 Å². The van der Waals surface area contributed by atoms with Crippen LogP contribution in [0.5, 0.6) is 0 Å². The molecule has 0 saturated heterocycles. The third-order valence-electron chi connectivity index (χ3n) is 3.66. The van der Waals surface area contributed by atoms with E-state index in [9.17, 15) is 0 Å². The molecule has 102 valence electrons. The lowest BCUT2D eigenvalue weighted by Crippen LogP contribution is -2.26. The van der Waals surface area contributed by atoms with Crippen LogP contribution in [0.15, 0.2) is 30.3 Å². The number of hydrogen-bond donors (Lipinski definition) is 1. The summed E-state index contributed by atoms with van der Waals surface area (Å²) in [5.41, 5.74) is 1.43. The molecule has 0 aliphatic rings. The highest BCUT2D eigenvalue weighted by molar-refractivity contribution is 5.19. The van der Waals surface area contributed by atoms with Crippen molar-refractivity contribution >= 4 is 0 Å². The van der Waals surface area contributed by atoms with E-state index in [4.69, 9.17) is 0 Å². The minimum Gasteiger partial charge on any atom is -0.310 e. The summed E-state index contributed by atoms with van der Waals surface area (Å²) >= 11 is 0. The average molecular weight is 247 g/mol. The molecule has 1 nitrogen and oxygen atoms in total. The van der Waals surface area contributed by atoms with Crippen molar-refractivity contribution in [2.45, 2.75) is 58.9 Å². The predicted octanol–water partition coefficient (Wildman–Crippen LogP) is 4.94. The Labute approximate surface area is 113 Å². The Hall–Kier alpha value is -0.820. The normalized spacial score (nSPS) is 14.4. The van der Waals surface area contributed by atoms with Crippen molar-refractivity contribution in [2.24, 2.45) is 5.92 Å². The molecular formula is C17H29N. The van der Waals surface area contributed by atoms with Crippen LogP contribution in [0.1, 0.15) is 64.5 Å². The molecule has 0 radical (unpaired) electrons. The zero-order chi connectivity index (χ0) is 13.2. The van der Waals surface area contributed by atoms with Crippen LogP contribution in [0.25, 0.3) is 0 Å². The monoisotopic (exact) mass is 247 g/mol. The zero-order valence-corrected chi connectivity index (χ0v) is 12.3. The maximum atomic E-state index is 3.64. The minimum absolute atomic E-state index is 0.512. The molecule has 0 aliphatic heterocycles. The van der Waals surface area contributed by atoms with Gasteiger partial charge in [-0.2, -0.15) is 0 Å². The van der Waals surface area contributed by atoms with E-state index >= 15 is 0 Å². The fourth-order valence-electron chi connectivity index (χ4n) is 2.59. The van der Waals surface area contributed by atoms with Gasteiger partial charge in [-0.15, -0.1) is 0 Å². The molecule has 1 rings (SSSR count). The van der Waals surface area contributed by atoms with Gasteiger partial charge in [-0.1, -0.05) is 76.8 Å². The lowest BCUT2D eigenvalue weighted by molar-refractivity contribution is 0.359. The molecule has 0 aromatic heterocycles. The number of rotatable bonds is 9. The van der Waals surface area contributed by atoms with E-state index in [1.54, 1.807) is 0 Å². The number of benzene rings is 1. The molecule has 1 heteroatoms. The standard InChI is InChI=1S/C17H29N/c1-4-6-7-9-12-15(3)17(18-5-2)16-13-10-8-11-14-16/h8,10-11,13-15,17-18H,4-7,9,12H2,1-3H3. The fraction of sp³-hybridized carbons (Fsp3) is 0.647. The first-order valence-corrected chi connectivity index (χ1v) is 7.57. The van der Waals surface area contributed by atoms with Crippen LogP contribution in [0.3, 0.4) is 0 Å². The predicted molar refractivity (Wildman–Crippen MR) is 80.8 cm³/mol. The Kier molecular flexibility index (Phi) is 7.75. The van der Waals surface area contributed by atoms with E-state index in [1.807, 2.05) is 0 Å². The van der Waals surface area contributed by atoms with Gasteiger partial charge >= 0.3 is 0 Å². The highest BCUT2D eigenvalue weighted by Crippen LogP contribution is 2.26. The highest BCUT2D eigenvalue weighted by Gasteiger charge is 2.17. The molecule has 0 bridgehead atoms. The Balaban J connectivity index is 2.50. The van der Waals surface area contributed by atoms with Crippen LogP contribution in [-0.2, 0) is 0 Å². The summed E-state index contributed by atoms with van der Waals surface area (Å²) in [4.78, 5) is 0. The lowest BCUT2D eigenvalue weighted by Gasteiger charge is -2.25. The van der Waals surface area contributed by atoms with E-state index in [0.717, 1.165) is 6.54 Å². The summed E-state index contributed by atoms with van der Waals surface area (Å²) in [7, 11) is 0. The van der Waals surface area contributed by atoms with E-state index in [-0.39, 0.29) is 0 Å². The van der Waals surface area contributed by atoms with Crippen molar-refractivity contribution in [3.05, 3.63) is 35.9 Å². The van der Waals surface area contributed by atoms with Crippen molar-refractivity contribution in [1.29, 1.82) is 0 Å². The molecule has 0 amide bonds. The first-order chi connectivity index (χ1) is 8.79. The molecule has 1 aromatic rings. The molecule has 1 aromatic carbocycles. The Morgan fingerprint density at radius 2 is 1.72 bits per heavy atom. The number of nitrogens with one attached hydrogen (secondary N) is 1. The quantitative estimate of drug-likeness (QED) is 0.609. The second kappa shape index (κ2) is 9.16. The summed E-state index contributed by atoms with van der Waals surface area (Å²) in [6.07, 6.45) is 6.78. The van der Waals surface area contributed by atoms with Crippen LogP contribution in [-0.4, -0.2) is 6.54 Å². The second-order valence-corrected chi connectivity index (χ2v) is 5.27. The van der Waals surface area contributed by atoms with Crippen LogP contribution < -0.4 is 5.32 Å². The largest absolute Gasteiger partial charge is 0.310 e. The zero-order valence-electron chi connectivity index (χ0n) is 12.3. The van der Waals surface area contributed by atoms with Gasteiger partial charge in [0, 0.05) is 6.04 Å². The maximum absolute atomic E-state index is 3.64. The third-order valence-corrected chi connectivity index (χ3v) is 3.66. The fourth-order valence-corrected chi connectivity index (χ4v) is 2.59. The van der Waals surface area contributed by atoms with Crippen molar-refractivity contribution in [2.75, 3.05) is 6.54 Å². The lowest BCUT2D eigenvalue weighted by atomic mass is 9.90. The molecule has 0 spiro atoms. The van der Waals surface area contributed by atoms with Crippen molar-refractivity contribution < 1.29 is 0 Å². The average Bonchev–Trinajstić information content (AvgIpc) is 2.41. The second-order valence-electron chi connectivity index (χ2n) is 5.27. The molecule has 18 heavy (non-hydrogen) atoms. The molecule has 0 saturated carbocycles. The van der Waals surface area contributed by atoms with Gasteiger partial charge in [0.05, 0.1) is 0 Å². The van der Waals surface area contributed by atoms with Gasteiger partial charge in [0.2, 0.25) is 0 Å². The summed E-state index contributed by atoms with van der Waals surface area (Å²) in [5, 5.41) is 3.64. The van der Waals surface area contributed by atoms with Gasteiger partial charge in [-0.3, -0.25) is 0 Å². The van der Waals surface area contributed by atoms with Crippen molar-refractivity contribution in [1.82, 2.24) is 5.32 Å². The highest BCUT2D eigenvalue weighted by atomic mass is 14.9. The summed E-state index contributed by atoms with van der Waals surface area (Å²) in [5.74, 6) is 0.712. The molecule has 0 aliphatic carbocycles. The molecule has 0 fully saturated rings. The third kappa shape index (κ3) is 5.22. The van der Waals surface area contributed by atoms with Crippen molar-refractivity contribution in [3.8, 4) is 0 Å². The summed E-state index contributed by atoms with van der Waals surface area (Å²) in [6, 6.07) is 11.4. The minimum atomic E-state index is 0.512. The van der Waals surface area contributed by atoms with Crippen LogP contribution in [0.4, 0.5) is 0 Å². The smallest absolute Gasteiger partial charge is 0.0345 e. The first kappa shape index (κ1) is 15.2. The van der Waals surface area contributed by atoms with Crippen LogP contribution in [0, 0.1) is 5.92 Å². The SMILES string of the molecule is CCCCCCC(C)C(NCC)c1ccccc1. The van der Waals surface area contributed by atoms with E-state index in [1.165, 1.54) is 37.7 Å². The maximum Gasteiger partial charge on any atom is 0.0345 e. The van der Waals surface area contributed by atoms with E-state index in [0.29, 0.717) is 12.0 Å². The Morgan fingerprint density at radius 3 is 2.33 bits per heavy atom. The molecule has 0 heterocycles. The van der Waals surface area contributed by atoms with Crippen LogP contribution in [0.2, 0.25) is 0 Å². The topological polar surface area (TPSA) is 12.0 Å². The Morgan fingerprint density at radius 1 is 1.00 bits per heavy atom. The Bertz CT molecular complexity index is 294. The van der Waals surface area contributed by atoms with Gasteiger partial charge in [0.15, 0.2) is 0 Å². The molecule has 2 atom stereocenters. The molecule has 2 unspecified atom stereocenters. The van der Waals surface area contributed by atoms with Gasteiger partial charge in [0.25, 0.3) is 0 Å². The van der Waals surface area contributed by atoms with Gasteiger partial charge < -0.3 is 5.32 Å². The number of unbranched alkanes of at least 4 members (excludes halogenated alkanes) is 3. The molecule has 1 N–H and O–H groups in total. The van der Waals surface area contributed by atoms with Gasteiger partial charge in [-0.05, 0) is 24.4 Å². The van der Waals surface area contributed by atoms with Gasteiger partial charge in [0.1, 0.15) is 0 Å². The van der Waals surface area contributed by atoms with Gasteiger partial charge in [-0.25, -0.2) is 0 Å². The summed E-state index contributed by atoms with van der Waals surface area (Å²) in [6.45, 7) is 7.89. The van der Waals surface area contributed by atoms with E-state index in [2.05, 4.69) is 56.4 Å².